The molecule has 0 saturated heterocycles. The first-order valence-corrected chi connectivity index (χ1v) is 4.19. The van der Waals surface area contributed by atoms with Crippen molar-refractivity contribution >= 4 is 22.0 Å². The lowest BCUT2D eigenvalue weighted by molar-refractivity contribution is -0.400. The highest BCUT2D eigenvalue weighted by molar-refractivity contribution is 9.10. The molecule has 0 radical (unpaired) electrons. The molecule has 0 aliphatic heterocycles. The Morgan fingerprint density at radius 3 is 2.85 bits per heavy atom. The van der Waals surface area contributed by atoms with Crippen LogP contribution in [0.3, 0.4) is 0 Å². The second kappa shape index (κ2) is 4.04. The molecule has 13 heavy (non-hydrogen) atoms. The second-order valence-electron chi connectivity index (χ2n) is 2.28. The van der Waals surface area contributed by atoms with E-state index in [0.717, 1.165) is 6.20 Å². The number of phenols is 1. The first-order valence-electron chi connectivity index (χ1n) is 3.40. The van der Waals surface area contributed by atoms with Crippen molar-refractivity contribution in [2.75, 3.05) is 0 Å². The van der Waals surface area contributed by atoms with E-state index in [1.165, 1.54) is 6.08 Å². The van der Waals surface area contributed by atoms with Crippen molar-refractivity contribution in [3.8, 4) is 5.75 Å². The third-order valence-corrected chi connectivity index (χ3v) is 2.03. The first kappa shape index (κ1) is 9.73. The maximum absolute atomic E-state index is 9.99. The molecule has 0 bridgehead atoms. The fraction of sp³-hybridized carbons (Fsp3) is 0. The van der Waals surface area contributed by atoms with Crippen LogP contribution in [0.15, 0.2) is 28.9 Å². The van der Waals surface area contributed by atoms with E-state index < -0.39 is 4.92 Å². The zero-order valence-corrected chi connectivity index (χ0v) is 8.06. The van der Waals surface area contributed by atoms with Crippen LogP contribution < -0.4 is 0 Å². The van der Waals surface area contributed by atoms with Crippen molar-refractivity contribution in [1.29, 1.82) is 0 Å². The Morgan fingerprint density at radius 2 is 2.23 bits per heavy atom. The Morgan fingerprint density at radius 1 is 1.54 bits per heavy atom. The summed E-state index contributed by atoms with van der Waals surface area (Å²) in [7, 11) is 0. The number of hydrogen-bond acceptors (Lipinski definition) is 3. The van der Waals surface area contributed by atoms with Crippen molar-refractivity contribution in [3.05, 3.63) is 44.5 Å². The summed E-state index contributed by atoms with van der Waals surface area (Å²) in [6.07, 6.45) is 2.02. The molecule has 0 heterocycles. The molecule has 0 aliphatic carbocycles. The predicted molar refractivity (Wildman–Crippen MR) is 51.8 cm³/mol. The molecule has 0 saturated carbocycles. The Balaban J connectivity index is 3.02. The third-order valence-electron chi connectivity index (χ3n) is 1.39. The first-order chi connectivity index (χ1) is 6.11. The topological polar surface area (TPSA) is 63.4 Å². The van der Waals surface area contributed by atoms with Crippen molar-refractivity contribution in [3.63, 3.8) is 0 Å². The molecule has 4 nitrogen and oxygen atoms in total. The molecular weight excluding hydrogens is 238 g/mol. The van der Waals surface area contributed by atoms with Gasteiger partial charge in [0.15, 0.2) is 0 Å². The Labute approximate surface area is 82.8 Å². The van der Waals surface area contributed by atoms with Gasteiger partial charge in [-0.15, -0.1) is 0 Å². The largest absolute Gasteiger partial charge is 0.506 e. The smallest absolute Gasteiger partial charge is 0.235 e. The van der Waals surface area contributed by atoms with Crippen LogP contribution in [0.4, 0.5) is 0 Å². The average molecular weight is 244 g/mol. The highest BCUT2D eigenvalue weighted by atomic mass is 79.9. The molecule has 0 spiro atoms. The number of halogens is 1. The van der Waals surface area contributed by atoms with Crippen molar-refractivity contribution < 1.29 is 10.0 Å². The summed E-state index contributed by atoms with van der Waals surface area (Å²) < 4.78 is 0.512. The van der Waals surface area contributed by atoms with Gasteiger partial charge in [0.25, 0.3) is 0 Å². The van der Waals surface area contributed by atoms with E-state index in [1.54, 1.807) is 18.2 Å². The van der Waals surface area contributed by atoms with Gasteiger partial charge in [0.1, 0.15) is 5.75 Å². The fourth-order valence-electron chi connectivity index (χ4n) is 0.808. The molecule has 68 valence electrons. The van der Waals surface area contributed by atoms with Gasteiger partial charge in [-0.1, -0.05) is 12.1 Å². The van der Waals surface area contributed by atoms with Crippen LogP contribution in [0.5, 0.6) is 5.75 Å². The summed E-state index contributed by atoms with van der Waals surface area (Å²) in [5.41, 5.74) is 0.408. The van der Waals surface area contributed by atoms with Gasteiger partial charge in [-0.2, -0.15) is 0 Å². The Hall–Kier alpha value is -1.36. The van der Waals surface area contributed by atoms with E-state index in [9.17, 15) is 15.2 Å². The zero-order valence-electron chi connectivity index (χ0n) is 6.48. The molecule has 0 amide bonds. The lowest BCUT2D eigenvalue weighted by Gasteiger charge is -1.98. The minimum Gasteiger partial charge on any atom is -0.506 e. The normalized spacial score (nSPS) is 10.5. The minimum absolute atomic E-state index is 0.000556. The standard InChI is InChI=1S/C8H6BrNO3/c9-7-3-1-2-6(8(7)11)4-5-10(12)13/h1-5,11H. The summed E-state index contributed by atoms with van der Waals surface area (Å²) >= 11 is 3.10. The number of phenolic OH excluding ortho intramolecular Hbond substituents is 1. The third kappa shape index (κ3) is 2.55. The minimum atomic E-state index is -0.583. The molecule has 0 atom stereocenters. The zero-order chi connectivity index (χ0) is 9.84. The van der Waals surface area contributed by atoms with E-state index >= 15 is 0 Å². The molecule has 1 N–H and O–H groups in total. The van der Waals surface area contributed by atoms with Crippen LogP contribution in [0.2, 0.25) is 0 Å². The summed E-state index contributed by atoms with van der Waals surface area (Å²) in [6, 6.07) is 4.92. The summed E-state index contributed by atoms with van der Waals surface area (Å²) in [5.74, 6) is 0.000556. The average Bonchev–Trinajstić information content (AvgIpc) is 2.07. The van der Waals surface area contributed by atoms with Gasteiger partial charge in [-0.25, -0.2) is 0 Å². The van der Waals surface area contributed by atoms with E-state index in [2.05, 4.69) is 15.9 Å². The summed E-state index contributed by atoms with van der Waals surface area (Å²) in [6.45, 7) is 0. The molecule has 0 aromatic heterocycles. The molecule has 5 heteroatoms. The highest BCUT2D eigenvalue weighted by Crippen LogP contribution is 2.28. The highest BCUT2D eigenvalue weighted by Gasteiger charge is 2.01. The number of para-hydroxylation sites is 1. The number of rotatable bonds is 2. The van der Waals surface area contributed by atoms with Gasteiger partial charge in [-0.3, -0.25) is 10.1 Å². The number of nitrogens with zero attached hydrogens (tertiary/aromatic N) is 1. The fourth-order valence-corrected chi connectivity index (χ4v) is 1.19. The lowest BCUT2D eigenvalue weighted by Crippen LogP contribution is -1.83. The maximum Gasteiger partial charge on any atom is 0.235 e. The second-order valence-corrected chi connectivity index (χ2v) is 3.13. The molecule has 1 rings (SSSR count). The van der Waals surface area contributed by atoms with E-state index in [0.29, 0.717) is 10.0 Å². The van der Waals surface area contributed by atoms with E-state index in [1.807, 2.05) is 0 Å². The number of aromatic hydroxyl groups is 1. The Kier molecular flexibility index (Phi) is 3.02. The van der Waals surface area contributed by atoms with E-state index in [-0.39, 0.29) is 5.75 Å². The SMILES string of the molecule is O=[N+]([O-])C=Cc1cccc(Br)c1O. The van der Waals surface area contributed by atoms with Crippen LogP contribution in [-0.4, -0.2) is 10.0 Å². The van der Waals surface area contributed by atoms with E-state index in [4.69, 9.17) is 0 Å². The number of nitro groups is 1. The van der Waals surface area contributed by atoms with Gasteiger partial charge in [0, 0.05) is 11.6 Å². The lowest BCUT2D eigenvalue weighted by atomic mass is 10.2. The van der Waals surface area contributed by atoms with Gasteiger partial charge in [0.05, 0.1) is 9.40 Å². The number of hydrogen-bond donors (Lipinski definition) is 1. The van der Waals surface area contributed by atoms with Gasteiger partial charge >= 0.3 is 0 Å². The van der Waals surface area contributed by atoms with Gasteiger partial charge < -0.3 is 5.11 Å². The molecule has 0 unspecified atom stereocenters. The summed E-state index contributed by atoms with van der Waals surface area (Å²) in [5, 5.41) is 19.4. The van der Waals surface area contributed by atoms with Gasteiger partial charge in [-0.05, 0) is 22.0 Å². The Bertz CT molecular complexity index is 362. The van der Waals surface area contributed by atoms with Crippen LogP contribution >= 0.6 is 15.9 Å². The van der Waals surface area contributed by atoms with Crippen LogP contribution in [-0.2, 0) is 0 Å². The van der Waals surface area contributed by atoms with Crippen molar-refractivity contribution in [2.45, 2.75) is 0 Å². The molecule has 0 aliphatic rings. The molecule has 0 fully saturated rings. The van der Waals surface area contributed by atoms with Crippen LogP contribution in [0, 0.1) is 10.1 Å². The molecule has 1 aromatic carbocycles. The van der Waals surface area contributed by atoms with Crippen molar-refractivity contribution in [1.82, 2.24) is 0 Å². The van der Waals surface area contributed by atoms with Gasteiger partial charge in [0.2, 0.25) is 6.20 Å². The number of benzene rings is 1. The quantitative estimate of drug-likeness (QED) is 0.641. The van der Waals surface area contributed by atoms with Crippen LogP contribution in [0.1, 0.15) is 5.56 Å². The van der Waals surface area contributed by atoms with Crippen molar-refractivity contribution in [2.24, 2.45) is 0 Å². The molecule has 1 aromatic rings. The van der Waals surface area contributed by atoms with Crippen LogP contribution in [0.25, 0.3) is 6.08 Å². The monoisotopic (exact) mass is 243 g/mol. The maximum atomic E-state index is 9.99. The molecular formula is C8H6BrNO3. The predicted octanol–water partition coefficient (Wildman–Crippen LogP) is 2.40. The summed E-state index contributed by atoms with van der Waals surface area (Å²) in [4.78, 5) is 9.41.